The van der Waals surface area contributed by atoms with E-state index in [1.54, 1.807) is 42.5 Å². The predicted octanol–water partition coefficient (Wildman–Crippen LogP) is 4.72. The van der Waals surface area contributed by atoms with Crippen molar-refractivity contribution in [1.82, 2.24) is 4.90 Å². The van der Waals surface area contributed by atoms with Gasteiger partial charge in [0.25, 0.3) is 5.91 Å². The van der Waals surface area contributed by atoms with Crippen molar-refractivity contribution in [3.63, 3.8) is 0 Å². The number of amides is 1. The lowest BCUT2D eigenvalue weighted by molar-refractivity contribution is 0.0725. The van der Waals surface area contributed by atoms with Crippen molar-refractivity contribution < 1.29 is 9.53 Å². The minimum absolute atomic E-state index is 0.0627. The molecule has 0 saturated carbocycles. The van der Waals surface area contributed by atoms with Crippen molar-refractivity contribution in [2.45, 2.75) is 25.7 Å². The number of ether oxygens (including phenoxy) is 1. The van der Waals surface area contributed by atoms with E-state index >= 15 is 0 Å². The van der Waals surface area contributed by atoms with Gasteiger partial charge in [-0.2, -0.15) is 5.26 Å². The van der Waals surface area contributed by atoms with Gasteiger partial charge in [-0.25, -0.2) is 0 Å². The first-order valence-electron chi connectivity index (χ1n) is 9.63. The van der Waals surface area contributed by atoms with Crippen LogP contribution in [0.2, 0.25) is 5.02 Å². The maximum Gasteiger partial charge on any atom is 0.255 e. The van der Waals surface area contributed by atoms with Gasteiger partial charge in [0.15, 0.2) is 0 Å². The van der Waals surface area contributed by atoms with Crippen LogP contribution < -0.4 is 10.1 Å². The molecule has 0 aromatic heterocycles. The standard InChI is InChI=1S/C22H24ClN3O2/c23-18-7-10-20(22(27)26-12-2-1-3-13-26)21(15-18)25-11-4-14-28-19-8-5-17(16-24)6-9-19/h5-10,15,25H,1-4,11-14H2. The Labute approximate surface area is 170 Å². The van der Waals surface area contributed by atoms with Gasteiger partial charge in [-0.3, -0.25) is 4.79 Å². The molecule has 1 fully saturated rings. The molecule has 1 N–H and O–H groups in total. The van der Waals surface area contributed by atoms with Crippen molar-refractivity contribution in [3.05, 3.63) is 58.6 Å². The summed E-state index contributed by atoms with van der Waals surface area (Å²) in [5.41, 5.74) is 2.04. The molecule has 1 aliphatic rings. The van der Waals surface area contributed by atoms with Gasteiger partial charge in [-0.1, -0.05) is 11.6 Å². The summed E-state index contributed by atoms with van der Waals surface area (Å²) in [7, 11) is 0. The molecule has 1 aliphatic heterocycles. The van der Waals surface area contributed by atoms with Crippen LogP contribution in [0.25, 0.3) is 0 Å². The molecule has 5 nitrogen and oxygen atoms in total. The number of benzene rings is 2. The molecule has 3 rings (SSSR count). The first kappa shape index (κ1) is 20.0. The lowest BCUT2D eigenvalue weighted by Gasteiger charge is -2.27. The second-order valence-corrected chi connectivity index (χ2v) is 7.24. The molecule has 2 aromatic rings. The molecule has 0 spiro atoms. The monoisotopic (exact) mass is 397 g/mol. The van der Waals surface area contributed by atoms with E-state index in [0.717, 1.165) is 43.8 Å². The van der Waals surface area contributed by atoms with E-state index in [4.69, 9.17) is 21.6 Å². The van der Waals surface area contributed by atoms with Gasteiger partial charge in [0.2, 0.25) is 0 Å². The number of nitrogens with zero attached hydrogens (tertiary/aromatic N) is 2. The summed E-state index contributed by atoms with van der Waals surface area (Å²) in [6, 6.07) is 14.5. The van der Waals surface area contributed by atoms with Crippen LogP contribution >= 0.6 is 11.6 Å². The number of hydrogen-bond donors (Lipinski definition) is 1. The smallest absolute Gasteiger partial charge is 0.255 e. The number of carbonyl (C=O) groups excluding carboxylic acids is 1. The second kappa shape index (κ2) is 10.0. The van der Waals surface area contributed by atoms with Crippen molar-refractivity contribution in [2.75, 3.05) is 31.6 Å². The Morgan fingerprint density at radius 3 is 2.61 bits per heavy atom. The fraction of sp³-hybridized carbons (Fsp3) is 0.364. The van der Waals surface area contributed by atoms with E-state index in [0.29, 0.717) is 29.3 Å². The third-order valence-corrected chi connectivity index (χ3v) is 4.98. The van der Waals surface area contributed by atoms with Gasteiger partial charge in [0.1, 0.15) is 5.75 Å². The molecule has 0 atom stereocenters. The largest absolute Gasteiger partial charge is 0.494 e. The number of nitriles is 1. The molecule has 28 heavy (non-hydrogen) atoms. The van der Waals surface area contributed by atoms with Gasteiger partial charge >= 0.3 is 0 Å². The Kier molecular flexibility index (Phi) is 7.16. The third-order valence-electron chi connectivity index (χ3n) is 4.74. The average Bonchev–Trinajstić information content (AvgIpc) is 2.74. The van der Waals surface area contributed by atoms with E-state index in [1.807, 2.05) is 4.90 Å². The molecule has 2 aromatic carbocycles. The van der Waals surface area contributed by atoms with Crippen molar-refractivity contribution in [1.29, 1.82) is 5.26 Å². The normalized spacial score (nSPS) is 13.6. The summed E-state index contributed by atoms with van der Waals surface area (Å²) in [5.74, 6) is 0.801. The summed E-state index contributed by atoms with van der Waals surface area (Å²) >= 11 is 6.14. The fourth-order valence-corrected chi connectivity index (χ4v) is 3.40. The van der Waals surface area contributed by atoms with Crippen LogP contribution in [-0.4, -0.2) is 37.0 Å². The predicted molar refractivity (Wildman–Crippen MR) is 111 cm³/mol. The van der Waals surface area contributed by atoms with Gasteiger partial charge in [-0.05, 0) is 68.1 Å². The fourth-order valence-electron chi connectivity index (χ4n) is 3.23. The molecule has 1 amide bonds. The van der Waals surface area contributed by atoms with Crippen LogP contribution in [0.4, 0.5) is 5.69 Å². The molecular formula is C22H24ClN3O2. The van der Waals surface area contributed by atoms with E-state index in [2.05, 4.69) is 11.4 Å². The van der Waals surface area contributed by atoms with Gasteiger partial charge < -0.3 is 15.0 Å². The number of nitrogens with one attached hydrogen (secondary N) is 1. The lowest BCUT2D eigenvalue weighted by Crippen LogP contribution is -2.36. The SMILES string of the molecule is N#Cc1ccc(OCCCNc2cc(Cl)ccc2C(=O)N2CCCCC2)cc1. The van der Waals surface area contributed by atoms with E-state index in [1.165, 1.54) is 6.42 Å². The van der Waals surface area contributed by atoms with Crippen LogP contribution in [0.1, 0.15) is 41.6 Å². The summed E-state index contributed by atoms with van der Waals surface area (Å²) in [4.78, 5) is 14.8. The minimum atomic E-state index is 0.0627. The van der Waals surface area contributed by atoms with Crippen molar-refractivity contribution in [3.8, 4) is 11.8 Å². The highest BCUT2D eigenvalue weighted by Gasteiger charge is 2.20. The van der Waals surface area contributed by atoms with Crippen molar-refractivity contribution in [2.24, 2.45) is 0 Å². The first-order valence-corrected chi connectivity index (χ1v) is 10.0. The molecule has 1 heterocycles. The number of piperidine rings is 1. The quantitative estimate of drug-likeness (QED) is 0.686. The molecular weight excluding hydrogens is 374 g/mol. The Balaban J connectivity index is 1.52. The topological polar surface area (TPSA) is 65.4 Å². The highest BCUT2D eigenvalue weighted by molar-refractivity contribution is 6.31. The molecule has 0 radical (unpaired) electrons. The molecule has 1 saturated heterocycles. The van der Waals surface area contributed by atoms with Crippen molar-refractivity contribution >= 4 is 23.2 Å². The summed E-state index contributed by atoms with van der Waals surface area (Å²) in [6.45, 7) is 2.84. The highest BCUT2D eigenvalue weighted by Crippen LogP contribution is 2.24. The zero-order valence-corrected chi connectivity index (χ0v) is 16.5. The zero-order chi connectivity index (χ0) is 19.8. The third kappa shape index (κ3) is 5.40. The number of anilines is 1. The summed E-state index contributed by atoms with van der Waals surface area (Å²) in [5, 5.41) is 12.7. The summed E-state index contributed by atoms with van der Waals surface area (Å²) in [6.07, 6.45) is 4.09. The Morgan fingerprint density at radius 1 is 1.14 bits per heavy atom. The van der Waals surface area contributed by atoms with Gasteiger partial charge in [0.05, 0.1) is 23.8 Å². The molecule has 0 unspecified atom stereocenters. The average molecular weight is 398 g/mol. The first-order chi connectivity index (χ1) is 13.7. The van der Waals surface area contributed by atoms with Crippen LogP contribution in [0.15, 0.2) is 42.5 Å². The van der Waals surface area contributed by atoms with Crippen LogP contribution in [0, 0.1) is 11.3 Å². The number of halogens is 1. The zero-order valence-electron chi connectivity index (χ0n) is 15.8. The highest BCUT2D eigenvalue weighted by atomic mass is 35.5. The number of likely N-dealkylation sites (tertiary alicyclic amines) is 1. The Hall–Kier alpha value is -2.71. The van der Waals surface area contributed by atoms with Crippen LogP contribution in [-0.2, 0) is 0 Å². The van der Waals surface area contributed by atoms with E-state index < -0.39 is 0 Å². The maximum atomic E-state index is 12.9. The number of hydrogen-bond acceptors (Lipinski definition) is 4. The number of carbonyl (C=O) groups is 1. The van der Waals surface area contributed by atoms with E-state index in [9.17, 15) is 4.79 Å². The van der Waals surface area contributed by atoms with Crippen LogP contribution in [0.3, 0.4) is 0 Å². The number of rotatable bonds is 7. The molecule has 6 heteroatoms. The summed E-state index contributed by atoms with van der Waals surface area (Å²) < 4.78 is 5.69. The Morgan fingerprint density at radius 2 is 1.89 bits per heavy atom. The molecule has 146 valence electrons. The maximum absolute atomic E-state index is 12.9. The van der Waals surface area contributed by atoms with Gasteiger partial charge in [0, 0.05) is 30.3 Å². The Bertz CT molecular complexity index is 840. The van der Waals surface area contributed by atoms with Gasteiger partial charge in [-0.15, -0.1) is 0 Å². The minimum Gasteiger partial charge on any atom is -0.494 e. The second-order valence-electron chi connectivity index (χ2n) is 6.81. The van der Waals surface area contributed by atoms with E-state index in [-0.39, 0.29) is 5.91 Å². The van der Waals surface area contributed by atoms with Crippen LogP contribution in [0.5, 0.6) is 5.75 Å². The lowest BCUT2D eigenvalue weighted by atomic mass is 10.1. The molecule has 0 bridgehead atoms. The molecule has 0 aliphatic carbocycles.